The van der Waals surface area contributed by atoms with E-state index in [9.17, 15) is 18.0 Å². The molecular formula is C24H30F3N3O3. The summed E-state index contributed by atoms with van der Waals surface area (Å²) in [5.74, 6) is -0.0800. The number of benzene rings is 1. The highest BCUT2D eigenvalue weighted by Gasteiger charge is 2.47. The molecular weight excluding hydrogens is 435 g/mol. The van der Waals surface area contributed by atoms with Gasteiger partial charge in [-0.05, 0) is 38.0 Å². The summed E-state index contributed by atoms with van der Waals surface area (Å²) < 4.78 is 54.8. The Kier molecular flexibility index (Phi) is 6.81. The summed E-state index contributed by atoms with van der Waals surface area (Å²) in [6.07, 6.45) is -4.68. The van der Waals surface area contributed by atoms with Gasteiger partial charge in [-0.1, -0.05) is 32.9 Å². The Labute approximate surface area is 191 Å². The molecule has 1 aliphatic rings. The van der Waals surface area contributed by atoms with Gasteiger partial charge in [0, 0.05) is 23.2 Å². The van der Waals surface area contributed by atoms with Crippen LogP contribution in [0.2, 0.25) is 0 Å². The second-order valence-corrected chi connectivity index (χ2v) is 8.97. The lowest BCUT2D eigenvalue weighted by atomic mass is 9.82. The monoisotopic (exact) mass is 465 g/mol. The minimum Gasteiger partial charge on any atom is -0.497 e. The molecule has 0 saturated heterocycles. The number of carbonyl (C=O) groups excluding carboxylic acids is 1. The predicted octanol–water partition coefficient (Wildman–Crippen LogP) is 4.91. The molecule has 3 rings (SSSR count). The molecule has 180 valence electrons. The molecule has 0 radical (unpaired) electrons. The number of esters is 1. The summed E-state index contributed by atoms with van der Waals surface area (Å²) in [4.78, 5) is 13.0. The molecule has 1 N–H and O–H groups in total. The van der Waals surface area contributed by atoms with Gasteiger partial charge in [0.15, 0.2) is 0 Å². The number of nitrogens with zero attached hydrogens (tertiary/aromatic N) is 2. The Morgan fingerprint density at radius 1 is 1.24 bits per heavy atom. The zero-order chi connectivity index (χ0) is 24.6. The molecule has 0 bridgehead atoms. The molecule has 0 amide bonds. The predicted molar refractivity (Wildman–Crippen MR) is 119 cm³/mol. The van der Waals surface area contributed by atoms with Gasteiger partial charge in [0.1, 0.15) is 22.7 Å². The lowest BCUT2D eigenvalue weighted by Gasteiger charge is -2.26. The fraction of sp³-hybridized carbons (Fsp3) is 0.500. The molecule has 0 aliphatic carbocycles. The van der Waals surface area contributed by atoms with Gasteiger partial charge in [-0.3, -0.25) is 4.68 Å². The first-order valence-corrected chi connectivity index (χ1v) is 10.9. The van der Waals surface area contributed by atoms with Crippen molar-refractivity contribution in [2.45, 2.75) is 65.3 Å². The summed E-state index contributed by atoms with van der Waals surface area (Å²) in [6, 6.07) is 6.76. The number of methoxy groups -OCH3 is 1. The summed E-state index contributed by atoms with van der Waals surface area (Å²) in [6.45, 7) is 8.78. The van der Waals surface area contributed by atoms with Crippen LogP contribution in [0.5, 0.6) is 5.75 Å². The molecule has 2 heterocycles. The van der Waals surface area contributed by atoms with Crippen LogP contribution in [-0.4, -0.2) is 35.5 Å². The molecule has 1 aromatic carbocycles. The van der Waals surface area contributed by atoms with Gasteiger partial charge in [-0.2, -0.15) is 18.3 Å². The van der Waals surface area contributed by atoms with Crippen LogP contribution in [0.4, 0.5) is 13.2 Å². The average Bonchev–Trinajstić information content (AvgIpc) is 3.06. The van der Waals surface area contributed by atoms with E-state index in [0.717, 1.165) is 4.68 Å². The SMILES string of the molecule is CCC1=C(C(=O)OC(C)C)c2nn(Cc3ccc(OC)cc3)c(C(F)(F)F)c2C(C)(C)CN1. The molecule has 0 atom stereocenters. The van der Waals surface area contributed by atoms with Gasteiger partial charge < -0.3 is 14.8 Å². The quantitative estimate of drug-likeness (QED) is 0.614. The van der Waals surface area contributed by atoms with Gasteiger partial charge in [-0.15, -0.1) is 0 Å². The maximum absolute atomic E-state index is 14.5. The number of hydrogen-bond acceptors (Lipinski definition) is 5. The molecule has 1 aliphatic heterocycles. The number of halogens is 3. The number of fused-ring (bicyclic) bond motifs is 1. The molecule has 0 unspecified atom stereocenters. The lowest BCUT2D eigenvalue weighted by Crippen LogP contribution is -2.33. The highest BCUT2D eigenvalue weighted by atomic mass is 19.4. The van der Waals surface area contributed by atoms with Crippen LogP contribution in [-0.2, 0) is 27.7 Å². The second-order valence-electron chi connectivity index (χ2n) is 8.97. The van der Waals surface area contributed by atoms with Gasteiger partial charge in [0.25, 0.3) is 0 Å². The van der Waals surface area contributed by atoms with Crippen molar-refractivity contribution < 1.29 is 27.4 Å². The van der Waals surface area contributed by atoms with Crippen molar-refractivity contribution in [1.29, 1.82) is 0 Å². The smallest absolute Gasteiger partial charge is 0.433 e. The third kappa shape index (κ3) is 5.02. The van der Waals surface area contributed by atoms with Gasteiger partial charge in [0.2, 0.25) is 0 Å². The first-order valence-electron chi connectivity index (χ1n) is 10.9. The number of ether oxygens (including phenoxy) is 2. The number of rotatable bonds is 6. The third-order valence-corrected chi connectivity index (χ3v) is 5.57. The number of carbonyl (C=O) groups is 1. The number of allylic oxidation sites excluding steroid dienone is 1. The first-order chi connectivity index (χ1) is 15.4. The topological polar surface area (TPSA) is 65.4 Å². The average molecular weight is 466 g/mol. The Bertz CT molecular complexity index is 1050. The summed E-state index contributed by atoms with van der Waals surface area (Å²) in [5.41, 5.74) is -0.573. The van der Waals surface area contributed by atoms with E-state index in [4.69, 9.17) is 9.47 Å². The lowest BCUT2D eigenvalue weighted by molar-refractivity contribution is -0.145. The van der Waals surface area contributed by atoms with Crippen molar-refractivity contribution in [1.82, 2.24) is 15.1 Å². The highest BCUT2D eigenvalue weighted by molar-refractivity contribution is 6.17. The number of alkyl halides is 3. The van der Waals surface area contributed by atoms with Crippen LogP contribution in [0.25, 0.3) is 5.57 Å². The van der Waals surface area contributed by atoms with E-state index in [1.807, 2.05) is 6.92 Å². The first kappa shape index (κ1) is 24.7. The normalized spacial score (nSPS) is 15.7. The van der Waals surface area contributed by atoms with Gasteiger partial charge >= 0.3 is 12.1 Å². The molecule has 2 aromatic rings. The van der Waals surface area contributed by atoms with E-state index in [2.05, 4.69) is 10.4 Å². The molecule has 6 nitrogen and oxygen atoms in total. The van der Waals surface area contributed by atoms with E-state index < -0.39 is 29.4 Å². The van der Waals surface area contributed by atoms with Crippen LogP contribution in [0.1, 0.15) is 63.6 Å². The zero-order valence-electron chi connectivity index (χ0n) is 19.8. The Morgan fingerprint density at radius 2 is 1.88 bits per heavy atom. The largest absolute Gasteiger partial charge is 0.497 e. The fourth-order valence-corrected chi connectivity index (χ4v) is 4.03. The van der Waals surface area contributed by atoms with Crippen molar-refractivity contribution in [3.8, 4) is 5.75 Å². The Balaban J connectivity index is 2.26. The van der Waals surface area contributed by atoms with Crippen molar-refractivity contribution >= 4 is 11.5 Å². The molecule has 1 aromatic heterocycles. The minimum absolute atomic E-state index is 0.00447. The van der Waals surface area contributed by atoms with Crippen LogP contribution in [0, 0.1) is 0 Å². The van der Waals surface area contributed by atoms with Crippen LogP contribution in [0.15, 0.2) is 30.0 Å². The summed E-state index contributed by atoms with van der Waals surface area (Å²) in [5, 5.41) is 7.55. The van der Waals surface area contributed by atoms with E-state index in [-0.39, 0.29) is 29.9 Å². The molecule has 0 fully saturated rings. The molecule has 0 saturated carbocycles. The molecule has 0 spiro atoms. The van der Waals surface area contributed by atoms with E-state index in [1.165, 1.54) is 7.11 Å². The van der Waals surface area contributed by atoms with Crippen LogP contribution < -0.4 is 10.1 Å². The minimum atomic E-state index is -4.67. The standard InChI is InChI=1S/C24H30F3N3O3/c1-7-17-18(22(31)33-14(2)3)20-19(23(4,5)13-28-17)21(24(25,26)27)30(29-20)12-15-8-10-16(32-6)11-9-15/h8-11,14,28H,7,12-13H2,1-6H3. The van der Waals surface area contributed by atoms with Crippen LogP contribution in [0.3, 0.4) is 0 Å². The zero-order valence-corrected chi connectivity index (χ0v) is 19.8. The second kappa shape index (κ2) is 9.11. The fourth-order valence-electron chi connectivity index (χ4n) is 4.03. The highest BCUT2D eigenvalue weighted by Crippen LogP contribution is 2.44. The van der Waals surface area contributed by atoms with E-state index in [0.29, 0.717) is 23.4 Å². The number of hydrogen-bond donors (Lipinski definition) is 1. The Hall–Kier alpha value is -2.97. The molecule has 9 heteroatoms. The maximum Gasteiger partial charge on any atom is 0.433 e. The van der Waals surface area contributed by atoms with Crippen LogP contribution >= 0.6 is 0 Å². The summed E-state index contributed by atoms with van der Waals surface area (Å²) in [7, 11) is 1.52. The summed E-state index contributed by atoms with van der Waals surface area (Å²) >= 11 is 0. The van der Waals surface area contributed by atoms with Crippen molar-refractivity contribution in [3.05, 3.63) is 52.5 Å². The number of nitrogens with one attached hydrogen (secondary N) is 1. The molecule has 33 heavy (non-hydrogen) atoms. The van der Waals surface area contributed by atoms with Crippen molar-refractivity contribution in [3.63, 3.8) is 0 Å². The van der Waals surface area contributed by atoms with E-state index in [1.54, 1.807) is 52.0 Å². The van der Waals surface area contributed by atoms with Crippen molar-refractivity contribution in [2.75, 3.05) is 13.7 Å². The Morgan fingerprint density at radius 3 is 2.39 bits per heavy atom. The number of aromatic nitrogens is 2. The maximum atomic E-state index is 14.5. The third-order valence-electron chi connectivity index (χ3n) is 5.57. The van der Waals surface area contributed by atoms with Gasteiger partial charge in [-0.25, -0.2) is 4.79 Å². The van der Waals surface area contributed by atoms with Gasteiger partial charge in [0.05, 0.1) is 19.8 Å². The van der Waals surface area contributed by atoms with Crippen molar-refractivity contribution in [2.24, 2.45) is 0 Å². The van der Waals surface area contributed by atoms with E-state index >= 15 is 0 Å².